The first-order valence-electron chi connectivity index (χ1n) is 6.43. The van der Waals surface area contributed by atoms with Crippen LogP contribution < -0.4 is 0 Å². The first kappa shape index (κ1) is 13.7. The number of carbonyl (C=O) groups is 1. The second kappa shape index (κ2) is 6.36. The second-order valence-electron chi connectivity index (χ2n) is 4.73. The highest BCUT2D eigenvalue weighted by molar-refractivity contribution is 5.81. The van der Waals surface area contributed by atoms with Gasteiger partial charge in [-0.1, -0.05) is 33.6 Å². The van der Waals surface area contributed by atoms with Gasteiger partial charge >= 0.3 is 0 Å². The Bertz CT molecular complexity index is 217. The zero-order chi connectivity index (χ0) is 12.0. The van der Waals surface area contributed by atoms with Crippen molar-refractivity contribution in [3.63, 3.8) is 0 Å². The molecule has 94 valence electrons. The number of carbonyl (C=O) groups excluding carboxylic acids is 1. The smallest absolute Gasteiger partial charge is 0.217 e. The van der Waals surface area contributed by atoms with Crippen LogP contribution in [0.1, 0.15) is 52.9 Å². The maximum absolute atomic E-state index is 11.4. The minimum atomic E-state index is -0.605. The lowest BCUT2D eigenvalue weighted by atomic mass is 9.81. The molecule has 0 N–H and O–H groups in total. The molecule has 0 aliphatic carbocycles. The van der Waals surface area contributed by atoms with Gasteiger partial charge in [0, 0.05) is 11.8 Å². The van der Waals surface area contributed by atoms with Gasteiger partial charge in [0.2, 0.25) is 6.29 Å². The monoisotopic (exact) mass is 228 g/mol. The van der Waals surface area contributed by atoms with Crippen molar-refractivity contribution in [1.29, 1.82) is 0 Å². The van der Waals surface area contributed by atoms with Crippen LogP contribution in [-0.4, -0.2) is 25.3 Å². The number of hydrogen-bond acceptors (Lipinski definition) is 3. The molecule has 1 rings (SSSR count). The summed E-state index contributed by atoms with van der Waals surface area (Å²) in [6.07, 6.45) is 4.46. The van der Waals surface area contributed by atoms with Crippen LogP contribution in [0.3, 0.4) is 0 Å². The Morgan fingerprint density at radius 2 is 1.88 bits per heavy atom. The summed E-state index contributed by atoms with van der Waals surface area (Å²) in [5.74, 6) is 0.0557. The lowest BCUT2D eigenvalue weighted by Gasteiger charge is -2.39. The number of Topliss-reactive ketones (excluding diaryl/α,β-unsaturated/α-hetero) is 1. The van der Waals surface area contributed by atoms with Crippen molar-refractivity contribution in [2.24, 2.45) is 5.41 Å². The van der Waals surface area contributed by atoms with E-state index in [9.17, 15) is 4.79 Å². The molecule has 0 unspecified atom stereocenters. The molecule has 16 heavy (non-hydrogen) atoms. The van der Waals surface area contributed by atoms with Crippen LogP contribution in [0.5, 0.6) is 0 Å². The molecule has 3 heteroatoms. The molecular weight excluding hydrogens is 204 g/mol. The van der Waals surface area contributed by atoms with Gasteiger partial charge in [-0.3, -0.25) is 4.79 Å². The predicted octanol–water partition coefficient (Wildman–Crippen LogP) is 2.93. The SMILES string of the molecule is CCCCC1(CC)COC(C(=O)CC)OC1. The summed E-state index contributed by atoms with van der Waals surface area (Å²) in [6, 6.07) is 0. The molecule has 0 bridgehead atoms. The van der Waals surface area contributed by atoms with Gasteiger partial charge < -0.3 is 9.47 Å². The van der Waals surface area contributed by atoms with Gasteiger partial charge in [-0.05, 0) is 12.8 Å². The molecule has 0 saturated carbocycles. The second-order valence-corrected chi connectivity index (χ2v) is 4.73. The molecule has 0 spiro atoms. The van der Waals surface area contributed by atoms with Gasteiger partial charge in [-0.2, -0.15) is 0 Å². The predicted molar refractivity (Wildman–Crippen MR) is 63.2 cm³/mol. The Kier molecular flexibility index (Phi) is 5.42. The van der Waals surface area contributed by atoms with E-state index in [1.54, 1.807) is 0 Å². The van der Waals surface area contributed by atoms with Crippen LogP contribution in [-0.2, 0) is 14.3 Å². The van der Waals surface area contributed by atoms with Gasteiger partial charge in [0.1, 0.15) is 0 Å². The minimum Gasteiger partial charge on any atom is -0.345 e. The Morgan fingerprint density at radius 1 is 1.25 bits per heavy atom. The Morgan fingerprint density at radius 3 is 2.31 bits per heavy atom. The third kappa shape index (κ3) is 3.29. The van der Waals surface area contributed by atoms with E-state index in [0.717, 1.165) is 12.8 Å². The van der Waals surface area contributed by atoms with Crippen LogP contribution in [0.2, 0.25) is 0 Å². The maximum atomic E-state index is 11.4. The molecule has 0 aromatic carbocycles. The molecule has 0 radical (unpaired) electrons. The number of unbranched alkanes of at least 4 members (excludes halogenated alkanes) is 1. The normalized spacial score (nSPS) is 30.3. The molecule has 1 saturated heterocycles. The van der Waals surface area contributed by atoms with Crippen LogP contribution >= 0.6 is 0 Å². The summed E-state index contributed by atoms with van der Waals surface area (Å²) in [7, 11) is 0. The van der Waals surface area contributed by atoms with E-state index in [0.29, 0.717) is 19.6 Å². The standard InChI is InChI=1S/C13H24O3/c1-4-7-8-13(6-3)9-15-12(16-10-13)11(14)5-2/h12H,4-10H2,1-3H3. The van der Waals surface area contributed by atoms with Crippen LogP contribution in [0.15, 0.2) is 0 Å². The van der Waals surface area contributed by atoms with Crippen molar-refractivity contribution in [3.8, 4) is 0 Å². The number of ether oxygens (including phenoxy) is 2. The lowest BCUT2D eigenvalue weighted by Crippen LogP contribution is -2.44. The summed E-state index contributed by atoms with van der Waals surface area (Å²) in [5, 5.41) is 0. The Hall–Kier alpha value is -0.410. The first-order valence-corrected chi connectivity index (χ1v) is 6.43. The van der Waals surface area contributed by atoms with Gasteiger partial charge in [0.25, 0.3) is 0 Å². The number of hydrogen-bond donors (Lipinski definition) is 0. The molecule has 1 aliphatic heterocycles. The fourth-order valence-corrected chi connectivity index (χ4v) is 2.02. The summed E-state index contributed by atoms with van der Waals surface area (Å²) in [5.41, 5.74) is 0.139. The van der Waals surface area contributed by atoms with E-state index in [1.807, 2.05) is 6.92 Å². The van der Waals surface area contributed by atoms with Crippen molar-refractivity contribution in [2.75, 3.05) is 13.2 Å². The van der Waals surface area contributed by atoms with Crippen molar-refractivity contribution in [3.05, 3.63) is 0 Å². The third-order valence-electron chi connectivity index (χ3n) is 3.50. The van der Waals surface area contributed by atoms with Crippen molar-refractivity contribution in [1.82, 2.24) is 0 Å². The van der Waals surface area contributed by atoms with E-state index in [4.69, 9.17) is 9.47 Å². The van der Waals surface area contributed by atoms with E-state index in [1.165, 1.54) is 12.8 Å². The fraction of sp³-hybridized carbons (Fsp3) is 0.923. The summed E-state index contributed by atoms with van der Waals surface area (Å²) in [4.78, 5) is 11.4. The van der Waals surface area contributed by atoms with Gasteiger partial charge in [-0.15, -0.1) is 0 Å². The quantitative estimate of drug-likeness (QED) is 0.701. The van der Waals surface area contributed by atoms with Gasteiger partial charge in [-0.25, -0.2) is 0 Å². The average Bonchev–Trinajstić information content (AvgIpc) is 2.36. The van der Waals surface area contributed by atoms with E-state index in [2.05, 4.69) is 13.8 Å². The summed E-state index contributed by atoms with van der Waals surface area (Å²) < 4.78 is 11.1. The highest BCUT2D eigenvalue weighted by atomic mass is 16.7. The third-order valence-corrected chi connectivity index (χ3v) is 3.50. The number of ketones is 1. The molecule has 0 amide bonds. The minimum absolute atomic E-state index is 0.0557. The molecule has 0 aromatic rings. The molecule has 0 atom stereocenters. The first-order chi connectivity index (χ1) is 7.67. The van der Waals surface area contributed by atoms with E-state index in [-0.39, 0.29) is 11.2 Å². The Labute approximate surface area is 98.5 Å². The molecule has 1 heterocycles. The lowest BCUT2D eigenvalue weighted by molar-refractivity contribution is -0.226. The average molecular weight is 228 g/mol. The highest BCUT2D eigenvalue weighted by Crippen LogP contribution is 2.33. The topological polar surface area (TPSA) is 35.5 Å². The van der Waals surface area contributed by atoms with Crippen LogP contribution in [0.4, 0.5) is 0 Å². The van der Waals surface area contributed by atoms with Crippen molar-refractivity contribution in [2.45, 2.75) is 59.2 Å². The highest BCUT2D eigenvalue weighted by Gasteiger charge is 2.36. The van der Waals surface area contributed by atoms with Crippen molar-refractivity contribution < 1.29 is 14.3 Å². The van der Waals surface area contributed by atoms with Gasteiger partial charge in [0.05, 0.1) is 13.2 Å². The molecule has 3 nitrogen and oxygen atoms in total. The molecule has 1 fully saturated rings. The molecule has 0 aromatic heterocycles. The van der Waals surface area contributed by atoms with Crippen LogP contribution in [0.25, 0.3) is 0 Å². The van der Waals surface area contributed by atoms with Crippen LogP contribution in [0, 0.1) is 5.41 Å². The summed E-state index contributed by atoms with van der Waals surface area (Å²) in [6.45, 7) is 7.54. The molecule has 1 aliphatic rings. The van der Waals surface area contributed by atoms with Gasteiger partial charge in [0.15, 0.2) is 5.78 Å². The zero-order valence-electron chi connectivity index (χ0n) is 10.8. The largest absolute Gasteiger partial charge is 0.345 e. The number of rotatable bonds is 6. The maximum Gasteiger partial charge on any atom is 0.217 e. The fourth-order valence-electron chi connectivity index (χ4n) is 2.02. The summed E-state index contributed by atoms with van der Waals surface area (Å²) >= 11 is 0. The Balaban J connectivity index is 2.46. The van der Waals surface area contributed by atoms with Crippen molar-refractivity contribution >= 4 is 5.78 Å². The zero-order valence-corrected chi connectivity index (χ0v) is 10.8. The van der Waals surface area contributed by atoms with E-state index < -0.39 is 6.29 Å². The molecular formula is C13H24O3. The van der Waals surface area contributed by atoms with E-state index >= 15 is 0 Å².